The molecule has 3 fully saturated rings. The Labute approximate surface area is 103 Å². The van der Waals surface area contributed by atoms with Gasteiger partial charge < -0.3 is 4.74 Å². The lowest BCUT2D eigenvalue weighted by Crippen LogP contribution is -2.41. The molecule has 0 N–H and O–H groups in total. The van der Waals surface area contributed by atoms with Crippen LogP contribution in [0.15, 0.2) is 0 Å². The summed E-state index contributed by atoms with van der Waals surface area (Å²) in [6, 6.07) is 0. The molecule has 0 amide bonds. The Bertz CT molecular complexity index is 390. The molecule has 5 heteroatoms. The van der Waals surface area contributed by atoms with Crippen LogP contribution in [-0.2, 0) is 14.8 Å². The summed E-state index contributed by atoms with van der Waals surface area (Å²) in [5.74, 6) is 1.26. The van der Waals surface area contributed by atoms with Crippen molar-refractivity contribution in [3.63, 3.8) is 0 Å². The van der Waals surface area contributed by atoms with Crippen molar-refractivity contribution < 1.29 is 13.2 Å². The third-order valence-electron chi connectivity index (χ3n) is 4.79. The van der Waals surface area contributed by atoms with Crippen LogP contribution in [0.25, 0.3) is 0 Å². The second-order valence-electron chi connectivity index (χ2n) is 5.89. The van der Waals surface area contributed by atoms with Crippen LogP contribution < -0.4 is 0 Å². The molecule has 0 spiro atoms. The third-order valence-corrected chi connectivity index (χ3v) is 7.39. The number of hydrogen-bond acceptors (Lipinski definition) is 3. The lowest BCUT2D eigenvalue weighted by molar-refractivity contribution is 0.189. The lowest BCUT2D eigenvalue weighted by Gasteiger charge is -2.24. The summed E-state index contributed by atoms with van der Waals surface area (Å²) in [6.07, 6.45) is 5.26. The standard InChI is InChI=1S/C12H21NO3S/c1-16-9-12(5-6-12)17(14,15)13-7-10-3-2-4-11(10)8-13/h10-11H,2-9H2,1H3/t10-,11-/m1/s1. The van der Waals surface area contributed by atoms with E-state index in [-0.39, 0.29) is 0 Å². The van der Waals surface area contributed by atoms with E-state index in [0.717, 1.165) is 25.9 Å². The first-order chi connectivity index (χ1) is 8.09. The molecule has 98 valence electrons. The van der Waals surface area contributed by atoms with E-state index in [9.17, 15) is 8.42 Å². The maximum Gasteiger partial charge on any atom is 0.222 e. The van der Waals surface area contributed by atoms with Gasteiger partial charge in [-0.1, -0.05) is 6.42 Å². The summed E-state index contributed by atoms with van der Waals surface area (Å²) in [5, 5.41) is 0. The fourth-order valence-electron chi connectivity index (χ4n) is 3.54. The fourth-order valence-corrected chi connectivity index (χ4v) is 5.75. The van der Waals surface area contributed by atoms with Crippen LogP contribution in [0, 0.1) is 11.8 Å². The van der Waals surface area contributed by atoms with Gasteiger partial charge in [0.05, 0.1) is 6.61 Å². The minimum absolute atomic E-state index is 0.362. The first kappa shape index (κ1) is 11.9. The average molecular weight is 259 g/mol. The van der Waals surface area contributed by atoms with Crippen molar-refractivity contribution in [2.45, 2.75) is 36.9 Å². The van der Waals surface area contributed by atoms with E-state index in [1.807, 2.05) is 0 Å². The van der Waals surface area contributed by atoms with Crippen LogP contribution in [0.1, 0.15) is 32.1 Å². The highest BCUT2D eigenvalue weighted by Crippen LogP contribution is 2.48. The first-order valence-corrected chi connectivity index (χ1v) is 8.02. The molecule has 2 saturated carbocycles. The molecule has 4 nitrogen and oxygen atoms in total. The number of sulfonamides is 1. The number of hydrogen-bond donors (Lipinski definition) is 0. The smallest absolute Gasteiger partial charge is 0.222 e. The predicted octanol–water partition coefficient (Wildman–Crippen LogP) is 1.23. The maximum absolute atomic E-state index is 12.6. The molecule has 0 bridgehead atoms. The number of methoxy groups -OCH3 is 1. The molecule has 0 aromatic heterocycles. The van der Waals surface area contributed by atoms with E-state index in [1.54, 1.807) is 11.4 Å². The Kier molecular flexibility index (Phi) is 2.76. The summed E-state index contributed by atoms with van der Waals surface area (Å²) >= 11 is 0. The normalized spacial score (nSPS) is 36.1. The molecule has 0 aromatic carbocycles. The van der Waals surface area contributed by atoms with Crippen molar-refractivity contribution in [3.05, 3.63) is 0 Å². The molecular weight excluding hydrogens is 238 g/mol. The van der Waals surface area contributed by atoms with Crippen molar-refractivity contribution in [3.8, 4) is 0 Å². The molecule has 0 unspecified atom stereocenters. The Hall–Kier alpha value is -0.130. The topological polar surface area (TPSA) is 46.6 Å². The monoisotopic (exact) mass is 259 g/mol. The number of rotatable bonds is 4. The van der Waals surface area contributed by atoms with Gasteiger partial charge >= 0.3 is 0 Å². The first-order valence-electron chi connectivity index (χ1n) is 6.58. The van der Waals surface area contributed by atoms with Gasteiger partial charge in [0.15, 0.2) is 0 Å². The van der Waals surface area contributed by atoms with E-state index in [4.69, 9.17) is 4.74 Å². The average Bonchev–Trinajstić information content (AvgIpc) is 2.77. The van der Waals surface area contributed by atoms with E-state index in [0.29, 0.717) is 18.4 Å². The van der Waals surface area contributed by atoms with Gasteiger partial charge in [-0.15, -0.1) is 0 Å². The summed E-state index contributed by atoms with van der Waals surface area (Å²) in [4.78, 5) is 0. The highest BCUT2D eigenvalue weighted by atomic mass is 32.2. The zero-order chi connectivity index (χ0) is 12.1. The van der Waals surface area contributed by atoms with Crippen LogP contribution in [-0.4, -0.2) is 44.3 Å². The van der Waals surface area contributed by atoms with Gasteiger partial charge in [-0.05, 0) is 37.5 Å². The number of nitrogens with zero attached hydrogens (tertiary/aromatic N) is 1. The molecule has 17 heavy (non-hydrogen) atoms. The van der Waals surface area contributed by atoms with Crippen LogP contribution in [0.4, 0.5) is 0 Å². The number of fused-ring (bicyclic) bond motifs is 1. The minimum atomic E-state index is -3.12. The maximum atomic E-state index is 12.6. The summed E-state index contributed by atoms with van der Waals surface area (Å²) in [6.45, 7) is 1.89. The highest BCUT2D eigenvalue weighted by Gasteiger charge is 2.58. The molecule has 1 heterocycles. The molecule has 1 aliphatic heterocycles. The van der Waals surface area contributed by atoms with Crippen molar-refractivity contribution >= 4 is 10.0 Å². The zero-order valence-electron chi connectivity index (χ0n) is 10.4. The SMILES string of the molecule is COCC1(S(=O)(=O)N2C[C@H]3CCC[C@@H]3C2)CC1. The van der Waals surface area contributed by atoms with Crippen molar-refractivity contribution in [1.82, 2.24) is 4.31 Å². The molecule has 1 saturated heterocycles. The molecule has 2 atom stereocenters. The number of ether oxygens (including phenoxy) is 1. The third kappa shape index (κ3) is 1.74. The van der Waals surface area contributed by atoms with Gasteiger partial charge in [0.25, 0.3) is 0 Å². The Morgan fingerprint density at radius 1 is 1.24 bits per heavy atom. The van der Waals surface area contributed by atoms with Gasteiger partial charge in [-0.3, -0.25) is 0 Å². The largest absolute Gasteiger partial charge is 0.383 e. The quantitative estimate of drug-likeness (QED) is 0.763. The summed E-state index contributed by atoms with van der Waals surface area (Å²) in [5.41, 5.74) is 0. The van der Waals surface area contributed by atoms with E-state index < -0.39 is 14.8 Å². The fraction of sp³-hybridized carbons (Fsp3) is 1.00. The highest BCUT2D eigenvalue weighted by molar-refractivity contribution is 7.90. The summed E-state index contributed by atoms with van der Waals surface area (Å²) < 4.78 is 31.5. The molecule has 0 aromatic rings. The Morgan fingerprint density at radius 2 is 1.82 bits per heavy atom. The van der Waals surface area contributed by atoms with E-state index in [1.165, 1.54) is 19.3 Å². The van der Waals surface area contributed by atoms with Gasteiger partial charge in [-0.2, -0.15) is 0 Å². The van der Waals surface area contributed by atoms with Crippen LogP contribution >= 0.6 is 0 Å². The molecule has 2 aliphatic carbocycles. The van der Waals surface area contributed by atoms with Crippen LogP contribution in [0.5, 0.6) is 0 Å². The van der Waals surface area contributed by atoms with Crippen LogP contribution in [0.2, 0.25) is 0 Å². The second kappa shape index (κ2) is 3.93. The zero-order valence-corrected chi connectivity index (χ0v) is 11.2. The van der Waals surface area contributed by atoms with Crippen molar-refractivity contribution in [2.24, 2.45) is 11.8 Å². The Balaban J connectivity index is 1.76. The van der Waals surface area contributed by atoms with Gasteiger partial charge in [0, 0.05) is 20.2 Å². The Morgan fingerprint density at radius 3 is 2.29 bits per heavy atom. The van der Waals surface area contributed by atoms with Crippen LogP contribution in [0.3, 0.4) is 0 Å². The molecular formula is C12H21NO3S. The summed E-state index contributed by atoms with van der Waals surface area (Å²) in [7, 11) is -1.53. The molecule has 0 radical (unpaired) electrons. The lowest BCUT2D eigenvalue weighted by atomic mass is 10.0. The molecule has 3 rings (SSSR count). The van der Waals surface area contributed by atoms with Crippen molar-refractivity contribution in [1.29, 1.82) is 0 Å². The minimum Gasteiger partial charge on any atom is -0.383 e. The van der Waals surface area contributed by atoms with E-state index >= 15 is 0 Å². The van der Waals surface area contributed by atoms with E-state index in [2.05, 4.69) is 0 Å². The second-order valence-corrected chi connectivity index (χ2v) is 8.22. The van der Waals surface area contributed by atoms with Gasteiger partial charge in [-0.25, -0.2) is 12.7 Å². The van der Waals surface area contributed by atoms with Gasteiger partial charge in [0.1, 0.15) is 4.75 Å². The van der Waals surface area contributed by atoms with Crippen molar-refractivity contribution in [2.75, 3.05) is 26.8 Å². The predicted molar refractivity (Wildman–Crippen MR) is 65.2 cm³/mol. The molecule has 3 aliphatic rings. The van der Waals surface area contributed by atoms with Gasteiger partial charge in [0.2, 0.25) is 10.0 Å².